The summed E-state index contributed by atoms with van der Waals surface area (Å²) in [5.74, 6) is -2.55. The van der Waals surface area contributed by atoms with Crippen molar-refractivity contribution in [1.29, 1.82) is 0 Å². The molecule has 0 aliphatic carbocycles. The molecule has 0 saturated heterocycles. The standard InChI is InChI=1S/C10H7FN2O2/c11-6-2-1-3-7-8(6)5(4-13-7)9(14)10(12)15/h1-4,13H,(H2,12,15). The number of fused-ring (bicyclic) bond motifs is 1. The number of primary amides is 1. The van der Waals surface area contributed by atoms with Crippen LogP contribution >= 0.6 is 0 Å². The Kier molecular flexibility index (Phi) is 2.00. The molecule has 1 aromatic carbocycles. The van der Waals surface area contributed by atoms with Gasteiger partial charge in [0.15, 0.2) is 0 Å². The summed E-state index contributed by atoms with van der Waals surface area (Å²) in [4.78, 5) is 24.7. The number of hydrogen-bond donors (Lipinski definition) is 2. The van der Waals surface area contributed by atoms with E-state index in [9.17, 15) is 14.0 Å². The highest BCUT2D eigenvalue weighted by molar-refractivity contribution is 6.44. The largest absolute Gasteiger partial charge is 0.363 e. The molecule has 3 N–H and O–H groups in total. The van der Waals surface area contributed by atoms with Crippen LogP contribution in [0.3, 0.4) is 0 Å². The Labute approximate surface area is 83.9 Å². The number of nitrogens with two attached hydrogens (primary N) is 1. The molecule has 1 amide bonds. The Morgan fingerprint density at radius 3 is 2.73 bits per heavy atom. The number of H-pyrrole nitrogens is 1. The maximum absolute atomic E-state index is 13.4. The zero-order valence-electron chi connectivity index (χ0n) is 7.58. The summed E-state index contributed by atoms with van der Waals surface area (Å²) in [6.07, 6.45) is 1.28. The first kappa shape index (κ1) is 9.39. The van der Waals surface area contributed by atoms with Crippen LogP contribution in [0.25, 0.3) is 10.9 Å². The third-order valence-corrected chi connectivity index (χ3v) is 2.12. The SMILES string of the molecule is NC(=O)C(=O)c1c[nH]c2cccc(F)c12. The lowest BCUT2D eigenvalue weighted by atomic mass is 10.1. The zero-order chi connectivity index (χ0) is 11.0. The molecule has 2 aromatic rings. The van der Waals surface area contributed by atoms with Gasteiger partial charge < -0.3 is 10.7 Å². The van der Waals surface area contributed by atoms with E-state index in [-0.39, 0.29) is 10.9 Å². The molecular formula is C10H7FN2O2. The minimum atomic E-state index is -1.10. The van der Waals surface area contributed by atoms with Crippen LogP contribution in [-0.2, 0) is 4.79 Å². The van der Waals surface area contributed by atoms with Crippen molar-refractivity contribution in [1.82, 2.24) is 4.98 Å². The lowest BCUT2D eigenvalue weighted by Crippen LogP contribution is -2.22. The lowest BCUT2D eigenvalue weighted by Gasteiger charge is -1.95. The lowest BCUT2D eigenvalue weighted by molar-refractivity contribution is -0.114. The molecule has 0 aliphatic heterocycles. The predicted octanol–water partition coefficient (Wildman–Crippen LogP) is 0.975. The van der Waals surface area contributed by atoms with Crippen LogP contribution in [0.15, 0.2) is 24.4 Å². The summed E-state index contributed by atoms with van der Waals surface area (Å²) >= 11 is 0. The third kappa shape index (κ3) is 1.38. The van der Waals surface area contributed by atoms with Crippen LogP contribution in [0.1, 0.15) is 10.4 Å². The fourth-order valence-electron chi connectivity index (χ4n) is 1.45. The Morgan fingerprint density at radius 2 is 2.07 bits per heavy atom. The molecule has 0 atom stereocenters. The molecule has 5 heteroatoms. The molecule has 76 valence electrons. The Morgan fingerprint density at radius 1 is 1.33 bits per heavy atom. The normalized spacial score (nSPS) is 10.5. The first-order chi connectivity index (χ1) is 7.11. The summed E-state index contributed by atoms with van der Waals surface area (Å²) in [6.45, 7) is 0. The van der Waals surface area contributed by atoms with E-state index >= 15 is 0 Å². The Bertz CT molecular complexity index is 560. The van der Waals surface area contributed by atoms with Gasteiger partial charge in [0.25, 0.3) is 11.7 Å². The molecule has 1 heterocycles. The second kappa shape index (κ2) is 3.20. The van der Waals surface area contributed by atoms with Crippen LogP contribution in [-0.4, -0.2) is 16.7 Å². The minimum absolute atomic E-state index is 0.0319. The van der Waals surface area contributed by atoms with E-state index in [0.29, 0.717) is 5.52 Å². The molecule has 1 aromatic heterocycles. The quantitative estimate of drug-likeness (QED) is 0.567. The summed E-state index contributed by atoms with van der Waals surface area (Å²) < 4.78 is 13.4. The molecule has 0 aliphatic rings. The highest BCUT2D eigenvalue weighted by Crippen LogP contribution is 2.21. The van der Waals surface area contributed by atoms with Gasteiger partial charge in [-0.15, -0.1) is 0 Å². The van der Waals surface area contributed by atoms with Crippen molar-refractivity contribution in [3.63, 3.8) is 0 Å². The molecule has 2 rings (SSSR count). The summed E-state index contributed by atoms with van der Waals surface area (Å²) in [5, 5.41) is 0.0984. The van der Waals surface area contributed by atoms with Crippen LogP contribution in [0.2, 0.25) is 0 Å². The van der Waals surface area contributed by atoms with Crippen molar-refractivity contribution in [2.24, 2.45) is 5.73 Å². The summed E-state index contributed by atoms with van der Waals surface area (Å²) in [7, 11) is 0. The van der Waals surface area contributed by atoms with Gasteiger partial charge >= 0.3 is 0 Å². The highest BCUT2D eigenvalue weighted by atomic mass is 19.1. The fraction of sp³-hybridized carbons (Fsp3) is 0. The van der Waals surface area contributed by atoms with Gasteiger partial charge in [-0.25, -0.2) is 4.39 Å². The van der Waals surface area contributed by atoms with E-state index in [0.717, 1.165) is 0 Å². The smallest absolute Gasteiger partial charge is 0.289 e. The molecule has 0 fully saturated rings. The Hall–Kier alpha value is -2.17. The number of amides is 1. The van der Waals surface area contributed by atoms with Crippen molar-refractivity contribution in [3.8, 4) is 0 Å². The summed E-state index contributed by atoms with van der Waals surface area (Å²) in [5.41, 5.74) is 5.27. The molecule has 0 spiro atoms. The van der Waals surface area contributed by atoms with E-state index in [1.807, 2.05) is 0 Å². The van der Waals surface area contributed by atoms with Crippen molar-refractivity contribution in [3.05, 3.63) is 35.8 Å². The number of Topliss-reactive ketones (excluding diaryl/α,β-unsaturated/α-hetero) is 1. The van der Waals surface area contributed by atoms with E-state index in [2.05, 4.69) is 4.98 Å². The van der Waals surface area contributed by atoms with Gasteiger partial charge in [0.1, 0.15) is 5.82 Å². The van der Waals surface area contributed by atoms with Gasteiger partial charge in [-0.1, -0.05) is 6.07 Å². The maximum atomic E-state index is 13.4. The molecule has 0 radical (unpaired) electrons. The molecule has 0 bridgehead atoms. The number of ketones is 1. The molecule has 15 heavy (non-hydrogen) atoms. The van der Waals surface area contributed by atoms with Gasteiger partial charge in [0.2, 0.25) is 0 Å². The predicted molar refractivity (Wildman–Crippen MR) is 51.8 cm³/mol. The third-order valence-electron chi connectivity index (χ3n) is 2.12. The average molecular weight is 206 g/mol. The number of nitrogens with one attached hydrogen (secondary N) is 1. The van der Waals surface area contributed by atoms with Crippen LogP contribution in [0.5, 0.6) is 0 Å². The van der Waals surface area contributed by atoms with Gasteiger partial charge in [-0.05, 0) is 12.1 Å². The highest BCUT2D eigenvalue weighted by Gasteiger charge is 2.18. The van der Waals surface area contributed by atoms with Crippen molar-refractivity contribution < 1.29 is 14.0 Å². The number of aromatic nitrogens is 1. The number of hydrogen-bond acceptors (Lipinski definition) is 2. The first-order valence-corrected chi connectivity index (χ1v) is 4.21. The van der Waals surface area contributed by atoms with Crippen molar-refractivity contribution in [2.45, 2.75) is 0 Å². The van der Waals surface area contributed by atoms with Gasteiger partial charge in [-0.2, -0.15) is 0 Å². The number of benzene rings is 1. The molecule has 4 nitrogen and oxygen atoms in total. The summed E-state index contributed by atoms with van der Waals surface area (Å²) in [6, 6.07) is 4.33. The van der Waals surface area contributed by atoms with E-state index in [1.54, 1.807) is 6.07 Å². The second-order valence-electron chi connectivity index (χ2n) is 3.06. The van der Waals surface area contributed by atoms with Crippen LogP contribution < -0.4 is 5.73 Å². The zero-order valence-corrected chi connectivity index (χ0v) is 7.58. The van der Waals surface area contributed by atoms with Crippen LogP contribution in [0.4, 0.5) is 4.39 Å². The molecule has 0 saturated carbocycles. The number of carbonyl (C=O) groups excluding carboxylic acids is 2. The van der Waals surface area contributed by atoms with Crippen molar-refractivity contribution in [2.75, 3.05) is 0 Å². The monoisotopic (exact) mass is 206 g/mol. The molecular weight excluding hydrogens is 199 g/mol. The van der Waals surface area contributed by atoms with Gasteiger partial charge in [0, 0.05) is 17.1 Å². The van der Waals surface area contributed by atoms with Crippen LogP contribution in [0, 0.1) is 5.82 Å². The second-order valence-corrected chi connectivity index (χ2v) is 3.06. The topological polar surface area (TPSA) is 76.0 Å². The van der Waals surface area contributed by atoms with E-state index in [4.69, 9.17) is 5.73 Å². The Balaban J connectivity index is 2.73. The number of carbonyl (C=O) groups is 2. The van der Waals surface area contributed by atoms with E-state index in [1.165, 1.54) is 18.3 Å². The van der Waals surface area contributed by atoms with Gasteiger partial charge in [-0.3, -0.25) is 9.59 Å². The molecule has 0 unspecified atom stereocenters. The maximum Gasteiger partial charge on any atom is 0.289 e. The number of halogens is 1. The fourth-order valence-corrected chi connectivity index (χ4v) is 1.45. The number of rotatable bonds is 2. The first-order valence-electron chi connectivity index (χ1n) is 4.21. The van der Waals surface area contributed by atoms with Crippen molar-refractivity contribution >= 4 is 22.6 Å². The average Bonchev–Trinajstić information content (AvgIpc) is 2.61. The van der Waals surface area contributed by atoms with Gasteiger partial charge in [0.05, 0.1) is 5.56 Å². The minimum Gasteiger partial charge on any atom is -0.363 e. The van der Waals surface area contributed by atoms with E-state index < -0.39 is 17.5 Å². The number of aromatic amines is 1.